The summed E-state index contributed by atoms with van der Waals surface area (Å²) in [4.78, 5) is 0. The minimum atomic E-state index is 1.30. The number of rotatable bonds is 0. The van der Waals surface area contributed by atoms with Crippen molar-refractivity contribution in [3.63, 3.8) is 0 Å². The maximum absolute atomic E-state index is 2.27. The summed E-state index contributed by atoms with van der Waals surface area (Å²) in [7, 11) is 2.12. The van der Waals surface area contributed by atoms with Gasteiger partial charge in [-0.3, -0.25) is 0 Å². The predicted molar refractivity (Wildman–Crippen MR) is 430 cm³/mol. The van der Waals surface area contributed by atoms with Crippen molar-refractivity contribution in [2.24, 2.45) is 7.05 Å². The minimum Gasteiger partial charge on any atom is -0.344 e. The van der Waals surface area contributed by atoms with E-state index < -0.39 is 0 Å². The lowest BCUT2D eigenvalue weighted by molar-refractivity contribution is 1.01. The number of benzene rings is 10. The lowest BCUT2D eigenvalue weighted by Crippen LogP contribution is -1.84. The van der Waals surface area contributed by atoms with Gasteiger partial charge in [-0.2, -0.15) is 0 Å². The molecule has 0 N–H and O–H groups in total. The number of nitrogens with zero attached hydrogens (tertiary/aromatic N) is 1. The second-order valence-electron chi connectivity index (χ2n) is 17.9. The fourth-order valence-corrected chi connectivity index (χ4v) is 14.3. The number of para-hydroxylation sites is 2. The van der Waals surface area contributed by atoms with Crippen molar-refractivity contribution in [2.45, 2.75) is 166 Å². The Morgan fingerprint density at radius 1 is 0.222 bits per heavy atom. The summed E-state index contributed by atoms with van der Waals surface area (Å²) in [5, 5.41) is 13.8. The molecule has 0 aliphatic heterocycles. The van der Waals surface area contributed by atoms with Crippen molar-refractivity contribution in [3.8, 4) is 0 Å². The van der Waals surface area contributed by atoms with Crippen LogP contribution in [0.4, 0.5) is 0 Å². The van der Waals surface area contributed by atoms with Crippen LogP contribution in [0.1, 0.15) is 161 Å². The van der Waals surface area contributed by atoms with E-state index in [1.807, 2.05) is 184 Å². The lowest BCUT2D eigenvalue weighted by atomic mass is 10.1. The minimum absolute atomic E-state index is 1.30. The number of aryl methyl sites for hydroxylation is 5. The standard InChI is InChI=1S/C13H11N.4C13H10S.10C2H6/c1-14-12-8-4-2-6-10(12)11-7-3-5-9-13(11)14;1-9-5-4-7-11-10-6-2-3-8-12(10)14-13(9)11;1-9-5-4-8-12-13(9)10-6-2-3-7-11(10)14-12;1-9-6-7-13-11(8-9)10-4-2-3-5-12(10)14-13;1-9-6-7-11-10-4-2-3-5-12(10)14-13(11)8-9;10*1-2/h2-9H,1H3;4*2-8H,1H3;10*1-2H3. The van der Waals surface area contributed by atoms with Crippen molar-refractivity contribution in [2.75, 3.05) is 0 Å². The van der Waals surface area contributed by atoms with Crippen LogP contribution in [0.3, 0.4) is 0 Å². The highest BCUT2D eigenvalue weighted by molar-refractivity contribution is 7.27. The molecule has 10 aromatic carbocycles. The van der Waals surface area contributed by atoms with E-state index in [1.165, 1.54) is 125 Å². The molecule has 0 atom stereocenters. The molecule has 480 valence electrons. The monoisotopic (exact) mass is 1270 g/mol. The second kappa shape index (κ2) is 46.0. The van der Waals surface area contributed by atoms with Crippen LogP contribution in [-0.2, 0) is 7.05 Å². The molecule has 5 heterocycles. The van der Waals surface area contributed by atoms with E-state index in [9.17, 15) is 0 Å². The van der Waals surface area contributed by atoms with Crippen LogP contribution in [0.25, 0.3) is 102 Å². The molecule has 0 fully saturated rings. The zero-order valence-corrected chi connectivity index (χ0v) is 63.1. The third-order valence-corrected chi connectivity index (χ3v) is 17.8. The maximum Gasteiger partial charge on any atom is 0.0488 e. The topological polar surface area (TPSA) is 4.93 Å². The first kappa shape index (κ1) is 80.9. The van der Waals surface area contributed by atoms with E-state index in [0.717, 1.165) is 0 Å². The Morgan fingerprint density at radius 3 is 1.04 bits per heavy atom. The third kappa shape index (κ3) is 21.0. The highest BCUT2D eigenvalue weighted by Gasteiger charge is 2.09. The van der Waals surface area contributed by atoms with Crippen LogP contribution in [0, 0.1) is 27.7 Å². The molecule has 1 nitrogen and oxygen atoms in total. The summed E-state index contributed by atoms with van der Waals surface area (Å²) in [6.07, 6.45) is 0. The molecule has 5 aromatic heterocycles. The van der Waals surface area contributed by atoms with Crippen LogP contribution in [0.2, 0.25) is 0 Å². The van der Waals surface area contributed by atoms with Gasteiger partial charge in [0.1, 0.15) is 0 Å². The fraction of sp³-hybridized carbons (Fsp3) is 0.294. The molecule has 0 bridgehead atoms. The van der Waals surface area contributed by atoms with Gasteiger partial charge in [0.15, 0.2) is 0 Å². The first-order chi connectivity index (χ1) is 44.3. The highest BCUT2D eigenvalue weighted by atomic mass is 32.1. The van der Waals surface area contributed by atoms with Gasteiger partial charge < -0.3 is 4.57 Å². The van der Waals surface area contributed by atoms with E-state index in [1.54, 1.807) is 0 Å². The SMILES string of the molecule is CC.CC.CC.CC.CC.CC.CC.CC.CC.CC.Cc1ccc2c(c1)sc1ccccc12.Cc1ccc2sc3ccccc3c2c1.Cc1cccc2c1sc1ccccc12.Cc1cccc2sc3ccccc3c12.Cn1c2ccccc2c2ccccc21. The molecule has 15 aromatic rings. The van der Waals surface area contributed by atoms with Gasteiger partial charge in [0.05, 0.1) is 0 Å². The van der Waals surface area contributed by atoms with Gasteiger partial charge in [-0.15, -0.1) is 45.3 Å². The van der Waals surface area contributed by atoms with Crippen molar-refractivity contribution < 1.29 is 0 Å². The van der Waals surface area contributed by atoms with Gasteiger partial charge in [0.25, 0.3) is 0 Å². The van der Waals surface area contributed by atoms with Crippen LogP contribution >= 0.6 is 45.3 Å². The largest absolute Gasteiger partial charge is 0.344 e. The summed E-state index contributed by atoms with van der Waals surface area (Å²) in [6, 6.07) is 77.8. The fourth-order valence-electron chi connectivity index (χ4n) is 9.63. The summed E-state index contributed by atoms with van der Waals surface area (Å²) in [5.41, 5.74) is 8.02. The summed E-state index contributed by atoms with van der Waals surface area (Å²) in [5.74, 6) is 0. The molecule has 0 unspecified atom stereocenters. The Bertz CT molecular complexity index is 4230. The van der Waals surface area contributed by atoms with Crippen molar-refractivity contribution >= 4 is 148 Å². The van der Waals surface area contributed by atoms with E-state index in [4.69, 9.17) is 0 Å². The molecule has 5 heteroatoms. The van der Waals surface area contributed by atoms with Crippen LogP contribution in [0.5, 0.6) is 0 Å². The summed E-state index contributed by atoms with van der Waals surface area (Å²) >= 11 is 7.51. The number of fused-ring (bicyclic) bond motifs is 15. The molecular formula is C85H111NS4. The smallest absolute Gasteiger partial charge is 0.0488 e. The Kier molecular flexibility index (Phi) is 41.4. The maximum atomic E-state index is 2.27. The Labute approximate surface area is 562 Å². The molecule has 0 aliphatic carbocycles. The van der Waals surface area contributed by atoms with E-state index >= 15 is 0 Å². The van der Waals surface area contributed by atoms with Crippen molar-refractivity contribution in [1.29, 1.82) is 0 Å². The zero-order valence-electron chi connectivity index (χ0n) is 59.9. The average molecular weight is 1280 g/mol. The molecule has 0 aliphatic rings. The molecule has 0 spiro atoms. The lowest BCUT2D eigenvalue weighted by Gasteiger charge is -1.95. The zero-order chi connectivity index (χ0) is 67.7. The second-order valence-corrected chi connectivity index (χ2v) is 22.2. The Hall–Kier alpha value is -7.12. The Morgan fingerprint density at radius 2 is 0.533 bits per heavy atom. The van der Waals surface area contributed by atoms with Gasteiger partial charge in [0.2, 0.25) is 0 Å². The van der Waals surface area contributed by atoms with Crippen molar-refractivity contribution in [1.82, 2.24) is 4.57 Å². The Balaban J connectivity index is 0.000000525. The van der Waals surface area contributed by atoms with E-state index in [2.05, 4.69) is 258 Å². The number of hydrogen-bond donors (Lipinski definition) is 0. The van der Waals surface area contributed by atoms with Gasteiger partial charge in [-0.05, 0) is 105 Å². The van der Waals surface area contributed by atoms with E-state index in [-0.39, 0.29) is 0 Å². The average Bonchev–Trinajstić information content (AvgIpc) is 2.43. The molecule has 15 rings (SSSR count). The molecule has 0 radical (unpaired) electrons. The number of aromatic nitrogens is 1. The predicted octanol–water partition coefficient (Wildman–Crippen LogP) is 31.0. The van der Waals surface area contributed by atoms with Crippen LogP contribution < -0.4 is 0 Å². The van der Waals surface area contributed by atoms with Crippen LogP contribution in [-0.4, -0.2) is 4.57 Å². The number of hydrogen-bond acceptors (Lipinski definition) is 4. The molecule has 0 amide bonds. The molecular weight excluding hydrogens is 1160 g/mol. The summed E-state index contributed by atoms with van der Waals surface area (Å²) in [6.45, 7) is 48.6. The molecule has 90 heavy (non-hydrogen) atoms. The van der Waals surface area contributed by atoms with Crippen molar-refractivity contribution in [3.05, 3.63) is 241 Å². The highest BCUT2D eigenvalue weighted by Crippen LogP contribution is 2.38. The van der Waals surface area contributed by atoms with Crippen LogP contribution in [0.15, 0.2) is 218 Å². The first-order valence-corrected chi connectivity index (χ1v) is 37.0. The molecule has 0 saturated heterocycles. The number of thiophene rings is 4. The summed E-state index contributed by atoms with van der Waals surface area (Å²) < 4.78 is 13.4. The normalized spacial score (nSPS) is 9.39. The van der Waals surface area contributed by atoms with Gasteiger partial charge >= 0.3 is 0 Å². The van der Waals surface area contributed by atoms with Gasteiger partial charge in [-0.25, -0.2) is 0 Å². The first-order valence-electron chi connectivity index (χ1n) is 33.7. The van der Waals surface area contributed by atoms with Gasteiger partial charge in [-0.1, -0.05) is 302 Å². The quantitative estimate of drug-likeness (QED) is 0.143. The molecule has 0 saturated carbocycles. The van der Waals surface area contributed by atoms with E-state index in [0.29, 0.717) is 0 Å². The third-order valence-electron chi connectivity index (χ3n) is 13.1. The van der Waals surface area contributed by atoms with Gasteiger partial charge in [0, 0.05) is 110 Å².